The van der Waals surface area contributed by atoms with E-state index in [4.69, 9.17) is 0 Å². The van der Waals surface area contributed by atoms with Gasteiger partial charge in [0.1, 0.15) is 0 Å². The lowest BCUT2D eigenvalue weighted by atomic mass is 9.82. The molecular formula is C15H24O. The zero-order valence-electron chi connectivity index (χ0n) is 10.3. The average Bonchev–Trinajstić information content (AvgIpc) is 2.29. The van der Waals surface area contributed by atoms with Crippen LogP contribution >= 0.6 is 0 Å². The summed E-state index contributed by atoms with van der Waals surface area (Å²) in [6.07, 6.45) is 15.8. The Morgan fingerprint density at radius 3 is 2.44 bits per heavy atom. The Labute approximate surface area is 99.3 Å². The van der Waals surface area contributed by atoms with E-state index in [-0.39, 0.29) is 0 Å². The first-order valence-corrected chi connectivity index (χ1v) is 7.11. The van der Waals surface area contributed by atoms with Crippen molar-refractivity contribution in [2.24, 2.45) is 5.92 Å². The Morgan fingerprint density at radius 2 is 1.62 bits per heavy atom. The summed E-state index contributed by atoms with van der Waals surface area (Å²) in [5, 5.41) is 0. The number of rotatable bonds is 2. The minimum absolute atomic E-state index is 0.374. The van der Waals surface area contributed by atoms with Crippen LogP contribution in [0.4, 0.5) is 0 Å². The molecule has 2 aliphatic rings. The lowest BCUT2D eigenvalue weighted by Crippen LogP contribution is -2.19. The second-order valence-electron chi connectivity index (χ2n) is 5.38. The number of hydrogen-bond acceptors (Lipinski definition) is 1. The number of carbonyl (C=O) groups excluding carboxylic acids is 1. The van der Waals surface area contributed by atoms with Gasteiger partial charge in [0.05, 0.1) is 0 Å². The summed E-state index contributed by atoms with van der Waals surface area (Å²) in [5.74, 6) is 0.876. The van der Waals surface area contributed by atoms with Gasteiger partial charge in [-0.2, -0.15) is 0 Å². The van der Waals surface area contributed by atoms with E-state index in [1.54, 1.807) is 0 Å². The zero-order chi connectivity index (χ0) is 11.2. The third-order valence-electron chi connectivity index (χ3n) is 4.08. The quantitative estimate of drug-likeness (QED) is 0.673. The molecule has 0 heterocycles. The van der Waals surface area contributed by atoms with E-state index in [2.05, 4.69) is 6.08 Å². The normalized spacial score (nSPS) is 24.4. The van der Waals surface area contributed by atoms with Gasteiger partial charge in [-0.1, -0.05) is 38.2 Å². The first kappa shape index (κ1) is 11.9. The lowest BCUT2D eigenvalue weighted by molar-refractivity contribution is -0.120. The molecular weight excluding hydrogens is 196 g/mol. The Morgan fingerprint density at radius 1 is 0.938 bits per heavy atom. The number of hydrogen-bond donors (Lipinski definition) is 0. The van der Waals surface area contributed by atoms with Crippen LogP contribution in [0.5, 0.6) is 0 Å². The first-order valence-electron chi connectivity index (χ1n) is 7.11. The van der Waals surface area contributed by atoms with Crippen LogP contribution in [0.2, 0.25) is 0 Å². The second-order valence-corrected chi connectivity index (χ2v) is 5.38. The fourth-order valence-corrected chi connectivity index (χ4v) is 3.04. The maximum absolute atomic E-state index is 12.3. The highest BCUT2D eigenvalue weighted by molar-refractivity contribution is 5.97. The molecule has 0 amide bonds. The molecule has 0 aromatic rings. The molecule has 90 valence electrons. The summed E-state index contributed by atoms with van der Waals surface area (Å²) < 4.78 is 0. The molecule has 1 fully saturated rings. The topological polar surface area (TPSA) is 17.1 Å². The molecule has 2 rings (SSSR count). The summed E-state index contributed by atoms with van der Waals surface area (Å²) in [5.41, 5.74) is 1.17. The van der Waals surface area contributed by atoms with E-state index in [1.807, 2.05) is 0 Å². The van der Waals surface area contributed by atoms with Gasteiger partial charge in [0.15, 0.2) is 5.78 Å². The van der Waals surface area contributed by atoms with Crippen molar-refractivity contribution in [2.45, 2.75) is 70.6 Å². The molecule has 0 radical (unpaired) electrons. The van der Waals surface area contributed by atoms with E-state index < -0.39 is 0 Å². The van der Waals surface area contributed by atoms with Crippen LogP contribution in [0.15, 0.2) is 11.6 Å². The van der Waals surface area contributed by atoms with Crippen LogP contribution in [0.3, 0.4) is 0 Å². The summed E-state index contributed by atoms with van der Waals surface area (Å²) in [7, 11) is 0. The number of allylic oxidation sites excluding steroid dienone is 2. The molecule has 0 N–H and O–H groups in total. The summed E-state index contributed by atoms with van der Waals surface area (Å²) in [6, 6.07) is 0. The highest BCUT2D eigenvalue weighted by Gasteiger charge is 2.23. The van der Waals surface area contributed by atoms with Crippen LogP contribution < -0.4 is 0 Å². The van der Waals surface area contributed by atoms with Crippen LogP contribution in [0.1, 0.15) is 70.6 Å². The maximum Gasteiger partial charge on any atom is 0.161 e. The third-order valence-corrected chi connectivity index (χ3v) is 4.08. The van der Waals surface area contributed by atoms with Crippen molar-refractivity contribution in [2.75, 3.05) is 0 Å². The van der Waals surface area contributed by atoms with Crippen LogP contribution in [0.25, 0.3) is 0 Å². The molecule has 0 saturated heterocycles. The van der Waals surface area contributed by atoms with Gasteiger partial charge in [-0.25, -0.2) is 0 Å². The van der Waals surface area contributed by atoms with Crippen molar-refractivity contribution in [3.8, 4) is 0 Å². The number of carbonyl (C=O) groups is 1. The number of Topliss-reactive ketones (excluding diaryl/α,β-unsaturated/α-hetero) is 1. The molecule has 1 saturated carbocycles. The minimum atomic E-state index is 0.374. The largest absolute Gasteiger partial charge is 0.294 e. The summed E-state index contributed by atoms with van der Waals surface area (Å²) in [4.78, 5) is 12.3. The predicted octanol–water partition coefficient (Wildman–Crippen LogP) is 4.42. The van der Waals surface area contributed by atoms with Crippen LogP contribution in [-0.4, -0.2) is 5.78 Å². The highest BCUT2D eigenvalue weighted by Crippen LogP contribution is 2.29. The smallest absolute Gasteiger partial charge is 0.161 e. The first-order chi connectivity index (χ1) is 7.88. The van der Waals surface area contributed by atoms with Crippen LogP contribution in [0, 0.1) is 5.92 Å². The molecule has 1 heteroatoms. The standard InChI is InChI=1S/C15H24O/c16-15(14-11-7-4-8-12-14)13-9-5-2-1-3-6-10-13/h9,14H,1-8,10-12H2. The predicted molar refractivity (Wildman–Crippen MR) is 67.4 cm³/mol. The Hall–Kier alpha value is -0.590. The van der Waals surface area contributed by atoms with Gasteiger partial charge in [-0.05, 0) is 44.1 Å². The molecule has 0 atom stereocenters. The molecule has 1 nitrogen and oxygen atoms in total. The molecule has 2 aliphatic carbocycles. The van der Waals surface area contributed by atoms with Crippen molar-refractivity contribution < 1.29 is 4.79 Å². The van der Waals surface area contributed by atoms with Crippen molar-refractivity contribution in [3.63, 3.8) is 0 Å². The zero-order valence-corrected chi connectivity index (χ0v) is 10.3. The van der Waals surface area contributed by atoms with E-state index in [0.29, 0.717) is 11.7 Å². The summed E-state index contributed by atoms with van der Waals surface area (Å²) >= 11 is 0. The average molecular weight is 220 g/mol. The fraction of sp³-hybridized carbons (Fsp3) is 0.800. The molecule has 0 spiro atoms. The van der Waals surface area contributed by atoms with Gasteiger partial charge < -0.3 is 0 Å². The highest BCUT2D eigenvalue weighted by atomic mass is 16.1. The minimum Gasteiger partial charge on any atom is -0.294 e. The van der Waals surface area contributed by atoms with Gasteiger partial charge in [0.2, 0.25) is 0 Å². The Bertz CT molecular complexity index is 259. The maximum atomic E-state index is 12.3. The van der Waals surface area contributed by atoms with Crippen LogP contribution in [-0.2, 0) is 4.79 Å². The lowest BCUT2D eigenvalue weighted by Gasteiger charge is -2.22. The molecule has 0 unspecified atom stereocenters. The molecule has 0 aromatic carbocycles. The molecule has 0 bridgehead atoms. The van der Waals surface area contributed by atoms with Gasteiger partial charge in [-0.15, -0.1) is 0 Å². The van der Waals surface area contributed by atoms with Crippen molar-refractivity contribution in [1.82, 2.24) is 0 Å². The van der Waals surface area contributed by atoms with Gasteiger partial charge in [0, 0.05) is 5.92 Å². The Kier molecular flexibility index (Phi) is 4.62. The SMILES string of the molecule is O=C(C1=CCCCCCC1)C1CCCCC1. The van der Waals surface area contributed by atoms with Crippen molar-refractivity contribution >= 4 is 5.78 Å². The fourth-order valence-electron chi connectivity index (χ4n) is 3.04. The molecule has 16 heavy (non-hydrogen) atoms. The van der Waals surface area contributed by atoms with Crippen molar-refractivity contribution in [1.29, 1.82) is 0 Å². The molecule has 0 aromatic heterocycles. The third kappa shape index (κ3) is 3.20. The van der Waals surface area contributed by atoms with Gasteiger partial charge in [-0.3, -0.25) is 4.79 Å². The van der Waals surface area contributed by atoms with E-state index in [9.17, 15) is 4.79 Å². The van der Waals surface area contributed by atoms with Gasteiger partial charge >= 0.3 is 0 Å². The monoisotopic (exact) mass is 220 g/mol. The summed E-state index contributed by atoms with van der Waals surface area (Å²) in [6.45, 7) is 0. The van der Waals surface area contributed by atoms with E-state index >= 15 is 0 Å². The number of ketones is 1. The van der Waals surface area contributed by atoms with Gasteiger partial charge in [0.25, 0.3) is 0 Å². The Balaban J connectivity index is 1.95. The van der Waals surface area contributed by atoms with E-state index in [1.165, 1.54) is 50.5 Å². The van der Waals surface area contributed by atoms with E-state index in [0.717, 1.165) is 25.7 Å². The molecule has 0 aliphatic heterocycles. The van der Waals surface area contributed by atoms with Crippen molar-refractivity contribution in [3.05, 3.63) is 11.6 Å². The second kappa shape index (κ2) is 6.22.